The van der Waals surface area contributed by atoms with Crippen molar-refractivity contribution in [3.05, 3.63) is 54.4 Å². The van der Waals surface area contributed by atoms with Crippen molar-refractivity contribution in [3.8, 4) is 0 Å². The van der Waals surface area contributed by atoms with E-state index in [1.54, 1.807) is 0 Å². The summed E-state index contributed by atoms with van der Waals surface area (Å²) in [4.78, 5) is 28.1. The third-order valence-corrected chi connectivity index (χ3v) is 3.36. The fraction of sp³-hybridized carbons (Fsp3) is 0.0625. The second-order valence-electron chi connectivity index (χ2n) is 4.99. The number of oxazole rings is 1. The molecule has 0 aliphatic carbocycles. The number of anilines is 2. The first kappa shape index (κ1) is 16.5. The molecule has 1 aromatic heterocycles. The second kappa shape index (κ2) is 6.27. The Kier molecular flexibility index (Phi) is 4.14. The number of urea groups is 1. The Bertz CT molecular complexity index is 937. The van der Waals surface area contributed by atoms with Gasteiger partial charge in [0.1, 0.15) is 5.52 Å². The quantitative estimate of drug-likeness (QED) is 0.724. The highest BCUT2D eigenvalue weighted by Crippen LogP contribution is 2.30. The van der Waals surface area contributed by atoms with E-state index in [0.717, 1.165) is 18.2 Å². The maximum Gasteiger partial charge on any atom is 0.416 e. The molecule has 0 bridgehead atoms. The molecule has 0 unspecified atom stereocenters. The summed E-state index contributed by atoms with van der Waals surface area (Å²) in [6.07, 6.45) is -3.07. The monoisotopic (exact) mass is 349 g/mol. The van der Waals surface area contributed by atoms with Crippen molar-refractivity contribution < 1.29 is 27.2 Å². The smallest absolute Gasteiger partial charge is 0.416 e. The number of carbonyl (C=O) groups is 2. The number of halogens is 3. The van der Waals surface area contributed by atoms with Gasteiger partial charge in [-0.2, -0.15) is 13.2 Å². The van der Waals surface area contributed by atoms with Crippen LogP contribution < -0.4 is 10.2 Å². The number of aromatic nitrogens is 1. The van der Waals surface area contributed by atoms with Crippen LogP contribution in [0.4, 0.5) is 29.3 Å². The molecule has 2 aromatic carbocycles. The van der Waals surface area contributed by atoms with Crippen LogP contribution in [0, 0.1) is 0 Å². The highest BCUT2D eigenvalue weighted by molar-refractivity contribution is 6.12. The molecule has 0 saturated carbocycles. The lowest BCUT2D eigenvalue weighted by molar-refractivity contribution is -0.137. The highest BCUT2D eigenvalue weighted by atomic mass is 19.4. The second-order valence-corrected chi connectivity index (χ2v) is 4.99. The average molecular weight is 349 g/mol. The van der Waals surface area contributed by atoms with Crippen LogP contribution in [0.1, 0.15) is 5.56 Å². The van der Waals surface area contributed by atoms with E-state index in [0.29, 0.717) is 16.0 Å². The predicted octanol–water partition coefficient (Wildman–Crippen LogP) is 4.04. The van der Waals surface area contributed by atoms with Gasteiger partial charge in [0.25, 0.3) is 0 Å². The van der Waals surface area contributed by atoms with Crippen LogP contribution in [-0.4, -0.2) is 17.4 Å². The molecule has 25 heavy (non-hydrogen) atoms. The van der Waals surface area contributed by atoms with Gasteiger partial charge in [0, 0.05) is 5.69 Å². The van der Waals surface area contributed by atoms with E-state index >= 15 is 0 Å². The van der Waals surface area contributed by atoms with Crippen molar-refractivity contribution in [2.45, 2.75) is 6.18 Å². The maximum absolute atomic E-state index is 12.7. The standard InChI is InChI=1S/C16H10F3N3O3/c17-16(18,19)10-2-1-3-11(6-10)21-15(24)22(9-23)12-4-5-14-13(7-12)20-8-25-14/h1-9H,(H,21,24). The van der Waals surface area contributed by atoms with Crippen LogP contribution in [0.3, 0.4) is 0 Å². The molecule has 0 saturated heterocycles. The normalized spacial score (nSPS) is 11.3. The average Bonchev–Trinajstić information content (AvgIpc) is 3.03. The minimum atomic E-state index is -4.54. The molecule has 3 rings (SSSR count). The number of benzene rings is 2. The van der Waals surface area contributed by atoms with Gasteiger partial charge < -0.3 is 9.73 Å². The van der Waals surface area contributed by atoms with E-state index in [-0.39, 0.29) is 17.8 Å². The van der Waals surface area contributed by atoms with Crippen LogP contribution in [-0.2, 0) is 11.0 Å². The molecule has 0 atom stereocenters. The van der Waals surface area contributed by atoms with Gasteiger partial charge in [-0.15, -0.1) is 0 Å². The van der Waals surface area contributed by atoms with Crippen molar-refractivity contribution >= 4 is 34.9 Å². The lowest BCUT2D eigenvalue weighted by Gasteiger charge is -2.17. The maximum atomic E-state index is 12.7. The van der Waals surface area contributed by atoms with Gasteiger partial charge in [0.15, 0.2) is 12.0 Å². The first-order valence-corrected chi connectivity index (χ1v) is 6.94. The molecule has 128 valence electrons. The Morgan fingerprint density at radius 3 is 2.72 bits per heavy atom. The lowest BCUT2D eigenvalue weighted by Crippen LogP contribution is -2.33. The van der Waals surface area contributed by atoms with E-state index in [1.165, 1.54) is 30.7 Å². The zero-order valence-electron chi connectivity index (χ0n) is 12.4. The summed E-state index contributed by atoms with van der Waals surface area (Å²) in [6, 6.07) is 7.62. The third kappa shape index (κ3) is 3.44. The van der Waals surface area contributed by atoms with Crippen LogP contribution in [0.2, 0.25) is 0 Å². The molecule has 0 aliphatic rings. The number of alkyl halides is 3. The molecule has 3 amide bonds. The molecule has 1 heterocycles. The van der Waals surface area contributed by atoms with E-state index in [9.17, 15) is 22.8 Å². The van der Waals surface area contributed by atoms with Gasteiger partial charge in [0.2, 0.25) is 6.41 Å². The predicted molar refractivity (Wildman–Crippen MR) is 83.0 cm³/mol. The molecule has 9 heteroatoms. The summed E-state index contributed by atoms with van der Waals surface area (Å²) >= 11 is 0. The number of hydrogen-bond donors (Lipinski definition) is 1. The Morgan fingerprint density at radius 2 is 2.00 bits per heavy atom. The first-order chi connectivity index (χ1) is 11.9. The van der Waals surface area contributed by atoms with Gasteiger partial charge in [-0.1, -0.05) is 6.07 Å². The Hall–Kier alpha value is -3.36. The van der Waals surface area contributed by atoms with Crippen LogP contribution >= 0.6 is 0 Å². The number of nitrogens with zero attached hydrogens (tertiary/aromatic N) is 2. The Balaban J connectivity index is 1.84. The Morgan fingerprint density at radius 1 is 1.20 bits per heavy atom. The number of fused-ring (bicyclic) bond motifs is 1. The number of amides is 3. The summed E-state index contributed by atoms with van der Waals surface area (Å²) in [5.41, 5.74) is 0.0890. The largest absolute Gasteiger partial charge is 0.443 e. The third-order valence-electron chi connectivity index (χ3n) is 3.36. The molecule has 0 spiro atoms. The fourth-order valence-electron chi connectivity index (χ4n) is 2.18. The van der Waals surface area contributed by atoms with Gasteiger partial charge in [-0.05, 0) is 36.4 Å². The zero-order valence-corrected chi connectivity index (χ0v) is 12.4. The number of imide groups is 1. The van der Waals surface area contributed by atoms with Gasteiger partial charge in [-0.3, -0.25) is 4.79 Å². The van der Waals surface area contributed by atoms with Crippen LogP contribution in [0.15, 0.2) is 53.3 Å². The van der Waals surface area contributed by atoms with Crippen molar-refractivity contribution in [1.29, 1.82) is 0 Å². The first-order valence-electron chi connectivity index (χ1n) is 6.94. The summed E-state index contributed by atoms with van der Waals surface area (Å²) in [6.45, 7) is 0. The van der Waals surface area contributed by atoms with Crippen molar-refractivity contribution in [1.82, 2.24) is 4.98 Å². The van der Waals surface area contributed by atoms with Gasteiger partial charge >= 0.3 is 12.2 Å². The summed E-state index contributed by atoms with van der Waals surface area (Å²) in [5, 5.41) is 2.26. The molecule has 0 aliphatic heterocycles. The zero-order chi connectivity index (χ0) is 18.0. The molecule has 0 fully saturated rings. The minimum Gasteiger partial charge on any atom is -0.443 e. The molecular weight excluding hydrogens is 339 g/mol. The van der Waals surface area contributed by atoms with Crippen LogP contribution in [0.25, 0.3) is 11.1 Å². The van der Waals surface area contributed by atoms with E-state index < -0.39 is 17.8 Å². The molecule has 3 aromatic rings. The Labute approximate surface area is 138 Å². The van der Waals surface area contributed by atoms with E-state index in [2.05, 4.69) is 10.3 Å². The topological polar surface area (TPSA) is 75.4 Å². The number of hydrogen-bond acceptors (Lipinski definition) is 4. The van der Waals surface area contributed by atoms with Crippen molar-refractivity contribution in [2.75, 3.05) is 10.2 Å². The summed E-state index contributed by atoms with van der Waals surface area (Å²) < 4.78 is 43.2. The van der Waals surface area contributed by atoms with E-state index in [1.807, 2.05) is 0 Å². The molecule has 1 N–H and O–H groups in total. The van der Waals surface area contributed by atoms with Crippen molar-refractivity contribution in [3.63, 3.8) is 0 Å². The fourth-order valence-corrected chi connectivity index (χ4v) is 2.18. The summed E-state index contributed by atoms with van der Waals surface area (Å²) in [7, 11) is 0. The number of nitrogens with one attached hydrogen (secondary N) is 1. The SMILES string of the molecule is O=CN(C(=O)Nc1cccc(C(F)(F)F)c1)c1ccc2ocnc2c1. The van der Waals surface area contributed by atoms with Gasteiger partial charge in [-0.25, -0.2) is 14.7 Å². The molecule has 6 nitrogen and oxygen atoms in total. The number of rotatable bonds is 3. The lowest BCUT2D eigenvalue weighted by atomic mass is 10.2. The summed E-state index contributed by atoms with van der Waals surface area (Å²) in [5.74, 6) is 0. The van der Waals surface area contributed by atoms with E-state index in [4.69, 9.17) is 4.42 Å². The molecular formula is C16H10F3N3O3. The van der Waals surface area contributed by atoms with Gasteiger partial charge in [0.05, 0.1) is 11.3 Å². The highest BCUT2D eigenvalue weighted by Gasteiger charge is 2.30. The minimum absolute atomic E-state index is 0.0887. The van der Waals surface area contributed by atoms with Crippen molar-refractivity contribution in [2.24, 2.45) is 0 Å². The number of carbonyl (C=O) groups excluding carboxylic acids is 2. The molecule has 0 radical (unpaired) electrons. The van der Waals surface area contributed by atoms with Crippen LogP contribution in [0.5, 0.6) is 0 Å².